The predicted molar refractivity (Wildman–Crippen MR) is 74.5 cm³/mol. The van der Waals surface area contributed by atoms with Crippen LogP contribution in [0.2, 0.25) is 0 Å². The van der Waals surface area contributed by atoms with Crippen molar-refractivity contribution in [1.82, 2.24) is 5.32 Å². The van der Waals surface area contributed by atoms with Crippen molar-refractivity contribution in [2.24, 2.45) is 11.7 Å². The van der Waals surface area contributed by atoms with Crippen molar-refractivity contribution in [2.75, 3.05) is 19.8 Å². The molecule has 108 valence electrons. The summed E-state index contributed by atoms with van der Waals surface area (Å²) in [6.07, 6.45) is 4.06. The number of nitrogens with two attached hydrogens (primary N) is 1. The summed E-state index contributed by atoms with van der Waals surface area (Å²) < 4.78 is 5.83. The van der Waals surface area contributed by atoms with E-state index >= 15 is 0 Å². The lowest BCUT2D eigenvalue weighted by Gasteiger charge is -2.44. The van der Waals surface area contributed by atoms with Crippen molar-refractivity contribution in [3.63, 3.8) is 0 Å². The normalized spacial score (nSPS) is 30.7. The molecule has 1 heterocycles. The second-order valence-electron chi connectivity index (χ2n) is 5.85. The van der Waals surface area contributed by atoms with E-state index < -0.39 is 0 Å². The smallest absolute Gasteiger partial charge is 0.0616 e. The summed E-state index contributed by atoms with van der Waals surface area (Å²) in [6.45, 7) is 8.20. The minimum Gasteiger partial charge on any atom is -0.396 e. The van der Waals surface area contributed by atoms with Crippen molar-refractivity contribution in [2.45, 2.75) is 64.1 Å². The van der Waals surface area contributed by atoms with Crippen LogP contribution in [-0.2, 0) is 4.74 Å². The second-order valence-corrected chi connectivity index (χ2v) is 5.85. The minimum atomic E-state index is -0.0109. The van der Waals surface area contributed by atoms with Gasteiger partial charge in [0.1, 0.15) is 0 Å². The monoisotopic (exact) mass is 258 g/mol. The molecule has 0 aromatic rings. The fraction of sp³-hybridized carbons (Fsp3) is 1.00. The first kappa shape index (κ1) is 15.9. The summed E-state index contributed by atoms with van der Waals surface area (Å²) in [7, 11) is 0. The molecule has 0 aliphatic carbocycles. The van der Waals surface area contributed by atoms with Crippen LogP contribution < -0.4 is 11.1 Å². The standard InChI is InChI=1S/C14H30N2O2/c1-4-12(5-7-17)16-14(10-15)6-8-18-13(9-14)11(2)3/h11-13,16-17H,4-10,15H2,1-3H3. The van der Waals surface area contributed by atoms with Gasteiger partial charge in [-0.1, -0.05) is 20.8 Å². The third-order valence-corrected chi connectivity index (χ3v) is 4.12. The fourth-order valence-corrected chi connectivity index (χ4v) is 2.72. The number of aliphatic hydroxyl groups is 1. The summed E-state index contributed by atoms with van der Waals surface area (Å²) in [5, 5.41) is 12.8. The predicted octanol–water partition coefficient (Wildman–Crippen LogP) is 1.27. The average Bonchev–Trinajstić information content (AvgIpc) is 2.38. The van der Waals surface area contributed by atoms with Crippen LogP contribution in [-0.4, -0.2) is 42.5 Å². The molecular weight excluding hydrogens is 228 g/mol. The maximum Gasteiger partial charge on any atom is 0.0616 e. The summed E-state index contributed by atoms with van der Waals surface area (Å²) >= 11 is 0. The molecule has 3 atom stereocenters. The third kappa shape index (κ3) is 4.19. The highest BCUT2D eigenvalue weighted by Crippen LogP contribution is 2.29. The second kappa shape index (κ2) is 7.43. The van der Waals surface area contributed by atoms with Gasteiger partial charge in [0.25, 0.3) is 0 Å². The van der Waals surface area contributed by atoms with E-state index in [0.717, 1.165) is 32.3 Å². The Balaban J connectivity index is 2.65. The van der Waals surface area contributed by atoms with E-state index in [1.54, 1.807) is 0 Å². The Bertz CT molecular complexity index is 236. The van der Waals surface area contributed by atoms with E-state index in [-0.39, 0.29) is 12.1 Å². The van der Waals surface area contributed by atoms with Gasteiger partial charge in [-0.05, 0) is 31.6 Å². The first-order chi connectivity index (χ1) is 8.56. The molecule has 3 unspecified atom stereocenters. The number of aliphatic hydroxyl groups excluding tert-OH is 1. The Kier molecular flexibility index (Phi) is 6.57. The molecular formula is C14H30N2O2. The molecule has 0 aromatic carbocycles. The van der Waals surface area contributed by atoms with Crippen LogP contribution in [0.25, 0.3) is 0 Å². The zero-order valence-corrected chi connectivity index (χ0v) is 12.1. The number of hydrogen-bond donors (Lipinski definition) is 3. The molecule has 4 heteroatoms. The molecule has 1 aliphatic rings. The molecule has 0 aromatic heterocycles. The number of hydrogen-bond acceptors (Lipinski definition) is 4. The molecule has 0 radical (unpaired) electrons. The Morgan fingerprint density at radius 2 is 2.22 bits per heavy atom. The van der Waals surface area contributed by atoms with Crippen molar-refractivity contribution in [3.8, 4) is 0 Å². The maximum absolute atomic E-state index is 9.10. The third-order valence-electron chi connectivity index (χ3n) is 4.12. The molecule has 1 saturated heterocycles. The van der Waals surface area contributed by atoms with Crippen molar-refractivity contribution in [1.29, 1.82) is 0 Å². The van der Waals surface area contributed by atoms with Gasteiger partial charge in [0, 0.05) is 31.3 Å². The lowest BCUT2D eigenvalue weighted by atomic mass is 9.82. The molecule has 18 heavy (non-hydrogen) atoms. The molecule has 0 spiro atoms. The highest BCUT2D eigenvalue weighted by atomic mass is 16.5. The van der Waals surface area contributed by atoms with Crippen LogP contribution >= 0.6 is 0 Å². The van der Waals surface area contributed by atoms with E-state index in [0.29, 0.717) is 24.6 Å². The summed E-state index contributed by atoms with van der Waals surface area (Å²) in [5.41, 5.74) is 6.01. The van der Waals surface area contributed by atoms with E-state index in [1.807, 2.05) is 0 Å². The van der Waals surface area contributed by atoms with E-state index in [1.165, 1.54) is 0 Å². The van der Waals surface area contributed by atoms with Crippen LogP contribution in [0, 0.1) is 5.92 Å². The lowest BCUT2D eigenvalue weighted by molar-refractivity contribution is -0.0524. The van der Waals surface area contributed by atoms with Crippen molar-refractivity contribution in [3.05, 3.63) is 0 Å². The molecule has 1 fully saturated rings. The SMILES string of the molecule is CCC(CCO)NC1(CN)CCOC(C(C)C)C1. The van der Waals surface area contributed by atoms with Crippen LogP contribution in [0.4, 0.5) is 0 Å². The Hall–Kier alpha value is -0.160. The highest BCUT2D eigenvalue weighted by Gasteiger charge is 2.37. The zero-order chi connectivity index (χ0) is 13.6. The van der Waals surface area contributed by atoms with Crippen LogP contribution in [0.5, 0.6) is 0 Å². The molecule has 1 aliphatic heterocycles. The van der Waals surface area contributed by atoms with E-state index in [9.17, 15) is 0 Å². The van der Waals surface area contributed by atoms with Crippen LogP contribution in [0.15, 0.2) is 0 Å². The quantitative estimate of drug-likeness (QED) is 0.643. The molecule has 4 N–H and O–H groups in total. The first-order valence-corrected chi connectivity index (χ1v) is 7.27. The molecule has 0 bridgehead atoms. The summed E-state index contributed by atoms with van der Waals surface area (Å²) in [5.74, 6) is 0.524. The topological polar surface area (TPSA) is 67.5 Å². The van der Waals surface area contributed by atoms with Crippen molar-refractivity contribution >= 4 is 0 Å². The summed E-state index contributed by atoms with van der Waals surface area (Å²) in [6, 6.07) is 0.351. The van der Waals surface area contributed by atoms with E-state index in [4.69, 9.17) is 15.6 Å². The van der Waals surface area contributed by atoms with Gasteiger partial charge in [0.05, 0.1) is 6.10 Å². The number of ether oxygens (including phenoxy) is 1. The molecule has 0 saturated carbocycles. The van der Waals surface area contributed by atoms with Crippen LogP contribution in [0.3, 0.4) is 0 Å². The van der Waals surface area contributed by atoms with Gasteiger partial charge in [0.15, 0.2) is 0 Å². The van der Waals surface area contributed by atoms with Gasteiger partial charge >= 0.3 is 0 Å². The first-order valence-electron chi connectivity index (χ1n) is 7.27. The number of rotatable bonds is 7. The zero-order valence-electron chi connectivity index (χ0n) is 12.1. The minimum absolute atomic E-state index is 0.0109. The Morgan fingerprint density at radius 1 is 1.50 bits per heavy atom. The molecule has 1 rings (SSSR count). The Labute approximate surface area is 111 Å². The lowest BCUT2D eigenvalue weighted by Crippen LogP contribution is -2.60. The van der Waals surface area contributed by atoms with Crippen LogP contribution in [0.1, 0.15) is 46.5 Å². The fourth-order valence-electron chi connectivity index (χ4n) is 2.72. The average molecular weight is 258 g/mol. The summed E-state index contributed by atoms with van der Waals surface area (Å²) in [4.78, 5) is 0. The van der Waals surface area contributed by atoms with Gasteiger partial charge in [-0.25, -0.2) is 0 Å². The molecule has 4 nitrogen and oxygen atoms in total. The van der Waals surface area contributed by atoms with Crippen molar-refractivity contribution < 1.29 is 9.84 Å². The van der Waals surface area contributed by atoms with E-state index in [2.05, 4.69) is 26.1 Å². The largest absolute Gasteiger partial charge is 0.396 e. The van der Waals surface area contributed by atoms with Gasteiger partial charge in [-0.3, -0.25) is 0 Å². The number of nitrogens with one attached hydrogen (secondary N) is 1. The molecule has 0 amide bonds. The highest BCUT2D eigenvalue weighted by molar-refractivity contribution is 4.96. The van der Waals surface area contributed by atoms with Gasteiger partial charge < -0.3 is 20.9 Å². The Morgan fingerprint density at radius 3 is 2.72 bits per heavy atom. The van der Waals surface area contributed by atoms with Gasteiger partial charge in [0.2, 0.25) is 0 Å². The maximum atomic E-state index is 9.10. The van der Waals surface area contributed by atoms with Gasteiger partial charge in [-0.2, -0.15) is 0 Å². The van der Waals surface area contributed by atoms with Gasteiger partial charge in [-0.15, -0.1) is 0 Å².